The molecule has 0 aromatic carbocycles. The van der Waals surface area contributed by atoms with E-state index in [0.717, 1.165) is 3.98 Å². The molecule has 6 heavy (non-hydrogen) atoms. The second-order valence-corrected chi connectivity index (χ2v) is 6.56. The van der Waals surface area contributed by atoms with Crippen molar-refractivity contribution in [2.75, 3.05) is 0 Å². The van der Waals surface area contributed by atoms with E-state index in [1.165, 1.54) is 0 Å². The molecule has 0 aliphatic heterocycles. The van der Waals surface area contributed by atoms with Crippen LogP contribution in [-0.4, -0.2) is 29.1 Å². The van der Waals surface area contributed by atoms with Crippen LogP contribution in [0.15, 0.2) is 0 Å². The van der Waals surface area contributed by atoms with Gasteiger partial charge in [-0.1, -0.05) is 0 Å². The molecule has 0 unspecified atom stereocenters. The molecule has 36 valence electrons. The van der Waals surface area contributed by atoms with Crippen LogP contribution in [0.25, 0.3) is 0 Å². The van der Waals surface area contributed by atoms with Crippen molar-refractivity contribution < 1.29 is 0 Å². The summed E-state index contributed by atoms with van der Waals surface area (Å²) in [5.41, 5.74) is 0. The van der Waals surface area contributed by atoms with Gasteiger partial charge in [-0.25, -0.2) is 0 Å². The van der Waals surface area contributed by atoms with Crippen LogP contribution in [0.2, 0.25) is 8.46 Å². The van der Waals surface area contributed by atoms with Crippen LogP contribution in [-0.2, 0) is 0 Å². The Hall–Kier alpha value is 1.50. The molecule has 0 nitrogen and oxygen atoms in total. The van der Waals surface area contributed by atoms with Gasteiger partial charge >= 0.3 is 60.7 Å². The minimum absolute atomic E-state index is 0.0710. The molecule has 0 aromatic heterocycles. The molecule has 0 spiro atoms. The van der Waals surface area contributed by atoms with Gasteiger partial charge in [0.05, 0.1) is 0 Å². The Labute approximate surface area is 60.4 Å². The molecular weight excluding hydrogens is 314 g/mol. The van der Waals surface area contributed by atoms with Gasteiger partial charge in [0, 0.05) is 0 Å². The first-order valence-electron chi connectivity index (χ1n) is 1.70. The van der Waals surface area contributed by atoms with Crippen molar-refractivity contribution in [3.8, 4) is 0 Å². The van der Waals surface area contributed by atoms with Crippen LogP contribution in [0.3, 0.4) is 0 Å². The van der Waals surface area contributed by atoms with Crippen LogP contribution in [0.5, 0.6) is 0 Å². The molecule has 0 amide bonds. The van der Waals surface area contributed by atoms with E-state index >= 15 is 0 Å². The summed E-state index contributed by atoms with van der Waals surface area (Å²) < 4.78 is 3.35. The Morgan fingerprint density at radius 3 is 2.17 bits per heavy atom. The molecule has 0 heterocycles. The quantitative estimate of drug-likeness (QED) is 0.539. The Morgan fingerprint density at radius 1 is 1.67 bits per heavy atom. The molecule has 0 N–H and O–H groups in total. The molecule has 0 saturated carbocycles. The average Bonchev–Trinajstić information content (AvgIpc) is 1.35. The van der Waals surface area contributed by atoms with Gasteiger partial charge in [0.1, 0.15) is 0 Å². The first kappa shape index (κ1) is 7.50. The fourth-order valence-electron chi connectivity index (χ4n) is 0.154. The van der Waals surface area contributed by atoms with E-state index in [4.69, 9.17) is 23.2 Å². The molecule has 0 aromatic rings. The third kappa shape index (κ3) is 5.50. The number of hydrogen-bond donors (Lipinski definition) is 0. The zero-order chi connectivity index (χ0) is 4.99. The molecule has 0 atom stereocenters. The summed E-state index contributed by atoms with van der Waals surface area (Å²) in [5, 5.41) is 0. The molecule has 0 fully saturated rings. The van der Waals surface area contributed by atoms with E-state index in [0.29, 0.717) is 0 Å². The molecular formula is C3H6Cl2Pb. The number of alkyl halides is 2. The van der Waals surface area contributed by atoms with E-state index in [2.05, 4.69) is 4.48 Å². The van der Waals surface area contributed by atoms with E-state index < -0.39 is 0 Å². The fraction of sp³-hybridized carbons (Fsp3) is 1.00. The normalized spacial score (nSPS) is 10.0. The van der Waals surface area contributed by atoms with Crippen LogP contribution in [0.1, 0.15) is 0 Å². The zero-order valence-corrected chi connectivity index (χ0v) is 8.94. The SMILES string of the molecule is [CH3][Pb][CH2]C(Cl)Cl. The van der Waals surface area contributed by atoms with Crippen molar-refractivity contribution in [3.63, 3.8) is 0 Å². The second kappa shape index (κ2) is 4.66. The van der Waals surface area contributed by atoms with Gasteiger partial charge in [0.15, 0.2) is 0 Å². The van der Waals surface area contributed by atoms with Gasteiger partial charge in [-0.15, -0.1) is 0 Å². The van der Waals surface area contributed by atoms with E-state index in [1.54, 1.807) is 0 Å². The molecule has 3 heteroatoms. The Balaban J connectivity index is 2.63. The van der Waals surface area contributed by atoms with E-state index in [-0.39, 0.29) is 29.1 Å². The van der Waals surface area contributed by atoms with E-state index in [1.807, 2.05) is 0 Å². The van der Waals surface area contributed by atoms with Crippen molar-refractivity contribution in [1.82, 2.24) is 0 Å². The maximum atomic E-state index is 5.39. The first-order chi connectivity index (χ1) is 2.77. The summed E-state index contributed by atoms with van der Waals surface area (Å²) in [7, 11) is 0. The average molecular weight is 320 g/mol. The third-order valence-corrected chi connectivity index (χ3v) is 5.85. The number of halogens is 2. The van der Waals surface area contributed by atoms with Crippen molar-refractivity contribution in [3.05, 3.63) is 0 Å². The third-order valence-electron chi connectivity index (χ3n) is 0.358. The van der Waals surface area contributed by atoms with Gasteiger partial charge < -0.3 is 0 Å². The zero-order valence-electron chi connectivity index (χ0n) is 3.54. The van der Waals surface area contributed by atoms with Crippen molar-refractivity contribution in [1.29, 1.82) is 0 Å². The summed E-state index contributed by atoms with van der Waals surface area (Å²) in [6.45, 7) is 0. The Bertz CT molecular complexity index is 30.0. The predicted molar refractivity (Wildman–Crippen MR) is 31.9 cm³/mol. The van der Waals surface area contributed by atoms with Gasteiger partial charge in [-0.2, -0.15) is 0 Å². The van der Waals surface area contributed by atoms with Crippen molar-refractivity contribution in [2.24, 2.45) is 0 Å². The monoisotopic (exact) mass is 320 g/mol. The van der Waals surface area contributed by atoms with Gasteiger partial charge in [-0.3, -0.25) is 0 Å². The molecule has 2 radical (unpaired) electrons. The minimum atomic E-state index is -0.283. The van der Waals surface area contributed by atoms with Crippen LogP contribution in [0.4, 0.5) is 0 Å². The molecule has 0 saturated heterocycles. The number of rotatable bonds is 2. The predicted octanol–water partition coefficient (Wildman–Crippen LogP) is 1.96. The van der Waals surface area contributed by atoms with Crippen LogP contribution in [0, 0.1) is 0 Å². The van der Waals surface area contributed by atoms with Gasteiger partial charge in [0.25, 0.3) is 0 Å². The number of hydrogen-bond acceptors (Lipinski definition) is 0. The van der Waals surface area contributed by atoms with Crippen LogP contribution >= 0.6 is 23.2 Å². The Morgan fingerprint density at radius 2 is 2.17 bits per heavy atom. The summed E-state index contributed by atoms with van der Waals surface area (Å²) in [6.07, 6.45) is 0. The molecule has 0 bridgehead atoms. The summed E-state index contributed by atoms with van der Waals surface area (Å²) in [4.78, 5) is -0.0710. The van der Waals surface area contributed by atoms with Crippen molar-refractivity contribution in [2.45, 2.75) is 13.3 Å². The van der Waals surface area contributed by atoms with Crippen molar-refractivity contribution >= 4 is 47.4 Å². The summed E-state index contributed by atoms with van der Waals surface area (Å²) in [6, 6.07) is 0. The Kier molecular flexibility index (Phi) is 5.82. The molecule has 0 rings (SSSR count). The summed E-state index contributed by atoms with van der Waals surface area (Å²) >= 11 is 10.5. The molecule has 0 aliphatic rings. The standard InChI is InChI=1S/C2H3Cl2.CH3.Pb/c1-2(3)4;;/h2H,1H2;1H3;. The molecule has 0 aliphatic carbocycles. The van der Waals surface area contributed by atoms with Gasteiger partial charge in [0.2, 0.25) is 0 Å². The maximum absolute atomic E-state index is 5.39. The van der Waals surface area contributed by atoms with Gasteiger partial charge in [-0.05, 0) is 0 Å². The first-order valence-corrected chi connectivity index (χ1v) is 9.21. The van der Waals surface area contributed by atoms with Crippen LogP contribution < -0.4 is 0 Å². The fourth-order valence-corrected chi connectivity index (χ4v) is 4.06. The van der Waals surface area contributed by atoms with E-state index in [9.17, 15) is 0 Å². The second-order valence-electron chi connectivity index (χ2n) is 0.949. The summed E-state index contributed by atoms with van der Waals surface area (Å²) in [5.74, 6) is 0. The topological polar surface area (TPSA) is 0 Å².